The highest BCUT2D eigenvalue weighted by molar-refractivity contribution is 7.27. The van der Waals surface area contributed by atoms with Gasteiger partial charge in [-0.05, 0) is 51.9 Å². The molecule has 11 rings (SSSR count). The van der Waals surface area contributed by atoms with Crippen LogP contribution >= 0.6 is 11.3 Å². The molecular weight excluding hydrogens is 675 g/mol. The van der Waals surface area contributed by atoms with Crippen LogP contribution in [0.2, 0.25) is 0 Å². The first-order chi connectivity index (χ1) is 26.8. The van der Waals surface area contributed by atoms with Crippen molar-refractivity contribution in [2.45, 2.75) is 0 Å². The normalized spacial score (nSPS) is 11.7. The monoisotopic (exact) mass is 705 g/mol. The molecule has 0 bridgehead atoms. The van der Waals surface area contributed by atoms with E-state index >= 15 is 0 Å². The van der Waals surface area contributed by atoms with E-state index in [0.717, 1.165) is 33.7 Å². The molecule has 0 fully saturated rings. The molecule has 3 nitrogen and oxygen atoms in total. The van der Waals surface area contributed by atoms with Crippen LogP contribution in [0.25, 0.3) is 103 Å². The number of thiophene rings is 1. The summed E-state index contributed by atoms with van der Waals surface area (Å²) in [7, 11) is 0. The third-order valence-electron chi connectivity index (χ3n) is 10.6. The van der Waals surface area contributed by atoms with E-state index in [9.17, 15) is 0 Å². The van der Waals surface area contributed by atoms with Gasteiger partial charge >= 0.3 is 0 Å². The van der Waals surface area contributed by atoms with Crippen LogP contribution in [-0.4, -0.2) is 14.5 Å². The van der Waals surface area contributed by atoms with Gasteiger partial charge in [0, 0.05) is 53.5 Å². The topological polar surface area (TPSA) is 30.7 Å². The molecule has 252 valence electrons. The zero-order valence-corrected chi connectivity index (χ0v) is 30.0. The van der Waals surface area contributed by atoms with Gasteiger partial charge in [-0.2, -0.15) is 0 Å². The molecule has 0 aliphatic rings. The zero-order valence-electron chi connectivity index (χ0n) is 29.1. The fourth-order valence-corrected chi connectivity index (χ4v) is 9.36. The summed E-state index contributed by atoms with van der Waals surface area (Å²) in [4.78, 5) is 10.5. The molecular formula is C50H31N3S. The number of hydrogen-bond acceptors (Lipinski definition) is 3. The number of hydrogen-bond donors (Lipinski definition) is 0. The Hall–Kier alpha value is -6.88. The Kier molecular flexibility index (Phi) is 7.04. The van der Waals surface area contributed by atoms with E-state index in [1.165, 1.54) is 64.0 Å². The lowest BCUT2D eigenvalue weighted by atomic mass is 9.97. The van der Waals surface area contributed by atoms with Gasteiger partial charge < -0.3 is 0 Å². The van der Waals surface area contributed by atoms with Crippen LogP contribution < -0.4 is 0 Å². The molecule has 0 saturated heterocycles. The maximum absolute atomic E-state index is 5.38. The predicted octanol–water partition coefficient (Wildman–Crippen LogP) is 13.8. The molecule has 0 unspecified atom stereocenters. The number of rotatable bonds is 5. The molecule has 0 N–H and O–H groups in total. The van der Waals surface area contributed by atoms with Gasteiger partial charge in [-0.25, -0.2) is 9.97 Å². The Labute approximate surface area is 316 Å². The lowest BCUT2D eigenvalue weighted by Crippen LogP contribution is -2.02. The van der Waals surface area contributed by atoms with Gasteiger partial charge in [0.15, 0.2) is 5.82 Å². The van der Waals surface area contributed by atoms with Gasteiger partial charge in [-0.3, -0.25) is 4.57 Å². The summed E-state index contributed by atoms with van der Waals surface area (Å²) in [5.41, 5.74) is 10.0. The van der Waals surface area contributed by atoms with Crippen LogP contribution in [0.1, 0.15) is 0 Å². The molecule has 0 amide bonds. The van der Waals surface area contributed by atoms with E-state index in [4.69, 9.17) is 9.97 Å². The first kappa shape index (κ1) is 30.7. The van der Waals surface area contributed by atoms with Gasteiger partial charge in [0.2, 0.25) is 0 Å². The van der Waals surface area contributed by atoms with Crippen molar-refractivity contribution in [1.29, 1.82) is 0 Å². The minimum absolute atomic E-state index is 0.698. The molecule has 0 saturated carbocycles. The van der Waals surface area contributed by atoms with Crippen LogP contribution in [0.15, 0.2) is 188 Å². The average molecular weight is 706 g/mol. The van der Waals surface area contributed by atoms with Crippen LogP contribution in [0.5, 0.6) is 0 Å². The molecule has 4 heteroatoms. The second-order valence-electron chi connectivity index (χ2n) is 13.8. The summed E-state index contributed by atoms with van der Waals surface area (Å²) in [6, 6.07) is 67.1. The van der Waals surface area contributed by atoms with E-state index < -0.39 is 0 Å². The van der Waals surface area contributed by atoms with E-state index in [-0.39, 0.29) is 0 Å². The Balaban J connectivity index is 1.31. The predicted molar refractivity (Wildman–Crippen MR) is 229 cm³/mol. The first-order valence-electron chi connectivity index (χ1n) is 18.2. The molecule has 3 aromatic heterocycles. The Morgan fingerprint density at radius 3 is 1.61 bits per heavy atom. The zero-order chi connectivity index (χ0) is 35.6. The second kappa shape index (κ2) is 12.4. The van der Waals surface area contributed by atoms with E-state index in [1.807, 2.05) is 35.6 Å². The van der Waals surface area contributed by atoms with Gasteiger partial charge in [0.1, 0.15) is 5.82 Å². The number of fused-ring (bicyclic) bond motifs is 10. The molecule has 0 aliphatic carbocycles. The third kappa shape index (κ3) is 4.88. The molecule has 0 spiro atoms. The van der Waals surface area contributed by atoms with Crippen molar-refractivity contribution in [1.82, 2.24) is 14.5 Å². The molecule has 3 heterocycles. The van der Waals surface area contributed by atoms with E-state index in [1.54, 1.807) is 0 Å². The largest absolute Gasteiger partial charge is 0.293 e. The SMILES string of the molecule is c1ccc(-c2ccc3sc4c(c3c2)c2ccccc2c2c4c3cc(-c4ccccc4)ccc3n2-c2cc(-c3ccccc3)nc(-c3ccccc3)n2)cc1. The molecule has 8 aromatic carbocycles. The summed E-state index contributed by atoms with van der Waals surface area (Å²) in [6.07, 6.45) is 0. The Morgan fingerprint density at radius 1 is 0.389 bits per heavy atom. The highest BCUT2D eigenvalue weighted by atomic mass is 32.1. The number of benzene rings is 8. The molecule has 0 radical (unpaired) electrons. The second-order valence-corrected chi connectivity index (χ2v) is 14.8. The van der Waals surface area contributed by atoms with Gasteiger partial charge in [-0.15, -0.1) is 11.3 Å². The highest BCUT2D eigenvalue weighted by Gasteiger charge is 2.24. The van der Waals surface area contributed by atoms with Crippen molar-refractivity contribution in [3.05, 3.63) is 188 Å². The summed E-state index contributed by atoms with van der Waals surface area (Å²) >= 11 is 1.89. The smallest absolute Gasteiger partial charge is 0.162 e. The summed E-state index contributed by atoms with van der Waals surface area (Å²) < 4.78 is 4.96. The van der Waals surface area contributed by atoms with Gasteiger partial charge in [-0.1, -0.05) is 158 Å². The van der Waals surface area contributed by atoms with Crippen molar-refractivity contribution >= 4 is 64.1 Å². The van der Waals surface area contributed by atoms with E-state index in [0.29, 0.717) is 5.82 Å². The van der Waals surface area contributed by atoms with Crippen LogP contribution in [0.3, 0.4) is 0 Å². The maximum Gasteiger partial charge on any atom is 0.162 e. The third-order valence-corrected chi connectivity index (χ3v) is 11.8. The summed E-state index contributed by atoms with van der Waals surface area (Å²) in [5.74, 6) is 1.54. The van der Waals surface area contributed by atoms with Crippen molar-refractivity contribution in [3.63, 3.8) is 0 Å². The van der Waals surface area contributed by atoms with Gasteiger partial charge in [0.25, 0.3) is 0 Å². The Morgan fingerprint density at radius 2 is 0.944 bits per heavy atom. The standard InChI is InChI=1S/C50H31N3S/c1-5-15-32(16-6-1)36-25-27-43-40(29-36)47-48(53(43)45-31-42(34-19-9-3-10-20-34)51-50(52-45)35-21-11-4-12-22-35)39-24-14-13-23-38(39)46-41-30-37(33-17-7-2-8-18-33)26-28-44(41)54-49(46)47/h1-31H. The molecule has 54 heavy (non-hydrogen) atoms. The minimum atomic E-state index is 0.698. The average Bonchev–Trinajstić information content (AvgIpc) is 3.81. The van der Waals surface area contributed by atoms with Crippen molar-refractivity contribution < 1.29 is 0 Å². The summed E-state index contributed by atoms with van der Waals surface area (Å²) in [6.45, 7) is 0. The van der Waals surface area contributed by atoms with E-state index in [2.05, 4.69) is 168 Å². The van der Waals surface area contributed by atoms with Crippen molar-refractivity contribution in [2.75, 3.05) is 0 Å². The first-order valence-corrected chi connectivity index (χ1v) is 19.1. The van der Waals surface area contributed by atoms with Crippen LogP contribution in [-0.2, 0) is 0 Å². The fourth-order valence-electron chi connectivity index (χ4n) is 8.11. The quantitative estimate of drug-likeness (QED) is 0.178. The number of nitrogens with zero attached hydrogens (tertiary/aromatic N) is 3. The fraction of sp³-hybridized carbons (Fsp3) is 0. The molecule has 0 atom stereocenters. The lowest BCUT2D eigenvalue weighted by Gasteiger charge is -2.13. The van der Waals surface area contributed by atoms with Crippen molar-refractivity contribution in [3.8, 4) is 50.7 Å². The summed E-state index contributed by atoms with van der Waals surface area (Å²) in [5, 5.41) is 7.48. The Bertz CT molecular complexity index is 3130. The van der Waals surface area contributed by atoms with Crippen molar-refractivity contribution in [2.24, 2.45) is 0 Å². The lowest BCUT2D eigenvalue weighted by molar-refractivity contribution is 1.05. The maximum atomic E-state index is 5.38. The highest BCUT2D eigenvalue weighted by Crippen LogP contribution is 2.49. The van der Waals surface area contributed by atoms with Gasteiger partial charge in [0.05, 0.1) is 16.7 Å². The molecule has 11 aromatic rings. The van der Waals surface area contributed by atoms with Crippen LogP contribution in [0.4, 0.5) is 0 Å². The number of aromatic nitrogens is 3. The van der Waals surface area contributed by atoms with Crippen LogP contribution in [0, 0.1) is 0 Å². The minimum Gasteiger partial charge on any atom is -0.293 e. The molecule has 0 aliphatic heterocycles.